The van der Waals surface area contributed by atoms with Crippen molar-refractivity contribution in [1.82, 2.24) is 5.32 Å². The lowest BCUT2D eigenvalue weighted by atomic mass is 9.95. The highest BCUT2D eigenvalue weighted by Crippen LogP contribution is 2.31. The van der Waals surface area contributed by atoms with Crippen LogP contribution in [0.2, 0.25) is 5.02 Å². The van der Waals surface area contributed by atoms with Gasteiger partial charge in [0, 0.05) is 11.1 Å². The first kappa shape index (κ1) is 15.8. The molecule has 1 N–H and O–H groups in total. The van der Waals surface area contributed by atoms with E-state index in [0.29, 0.717) is 0 Å². The van der Waals surface area contributed by atoms with Gasteiger partial charge in [0.2, 0.25) is 0 Å². The molecule has 2 rings (SSSR count). The summed E-state index contributed by atoms with van der Waals surface area (Å²) in [4.78, 5) is 0. The lowest BCUT2D eigenvalue weighted by molar-refractivity contribution is 0.500. The Hall–Kier alpha value is -1.59. The van der Waals surface area contributed by atoms with Crippen molar-refractivity contribution in [1.29, 1.82) is 0 Å². The van der Waals surface area contributed by atoms with E-state index < -0.39 is 34.3 Å². The summed E-state index contributed by atoms with van der Waals surface area (Å²) >= 11 is 5.48. The fourth-order valence-electron chi connectivity index (χ4n) is 2.16. The lowest BCUT2D eigenvalue weighted by Crippen LogP contribution is -2.22. The standard InChI is InChI=1S/C15H12ClF4N/c1-7-3-4-10(17)13(14(7)20)15(21-2)8-5-12(19)9(16)6-11(8)18/h3-6,15,21H,1-2H3. The number of nitrogens with one attached hydrogen (secondary N) is 1. The van der Waals surface area contributed by atoms with Gasteiger partial charge < -0.3 is 5.32 Å². The average molecular weight is 318 g/mol. The minimum atomic E-state index is -1.17. The molecule has 21 heavy (non-hydrogen) atoms. The lowest BCUT2D eigenvalue weighted by Gasteiger charge is -2.20. The summed E-state index contributed by atoms with van der Waals surface area (Å²) in [6.45, 7) is 1.46. The maximum Gasteiger partial charge on any atom is 0.142 e. The van der Waals surface area contributed by atoms with Gasteiger partial charge in [0.05, 0.1) is 11.1 Å². The van der Waals surface area contributed by atoms with E-state index >= 15 is 0 Å². The van der Waals surface area contributed by atoms with Crippen molar-refractivity contribution in [2.75, 3.05) is 7.05 Å². The first-order valence-electron chi connectivity index (χ1n) is 6.13. The quantitative estimate of drug-likeness (QED) is 0.648. The molecular formula is C15H12ClF4N. The summed E-state index contributed by atoms with van der Waals surface area (Å²) in [5.74, 6) is -3.35. The van der Waals surface area contributed by atoms with Gasteiger partial charge in [-0.2, -0.15) is 0 Å². The van der Waals surface area contributed by atoms with Gasteiger partial charge in [-0.05, 0) is 37.7 Å². The summed E-state index contributed by atoms with van der Waals surface area (Å²) in [6, 6.07) is 2.81. The van der Waals surface area contributed by atoms with E-state index in [4.69, 9.17) is 11.6 Å². The largest absolute Gasteiger partial charge is 0.309 e. The Labute approximate surface area is 124 Å². The summed E-state index contributed by atoms with van der Waals surface area (Å²) in [7, 11) is 1.40. The third kappa shape index (κ3) is 2.89. The Morgan fingerprint density at radius 2 is 1.67 bits per heavy atom. The van der Waals surface area contributed by atoms with Gasteiger partial charge in [-0.15, -0.1) is 0 Å². The van der Waals surface area contributed by atoms with Crippen molar-refractivity contribution in [3.05, 3.63) is 69.2 Å². The van der Waals surface area contributed by atoms with Gasteiger partial charge in [-0.1, -0.05) is 17.7 Å². The van der Waals surface area contributed by atoms with Crippen molar-refractivity contribution in [2.45, 2.75) is 13.0 Å². The van der Waals surface area contributed by atoms with Crippen LogP contribution in [0.4, 0.5) is 17.6 Å². The van der Waals surface area contributed by atoms with Crippen LogP contribution >= 0.6 is 11.6 Å². The predicted octanol–water partition coefficient (Wildman–Crippen LogP) is 4.51. The molecule has 1 unspecified atom stereocenters. The Morgan fingerprint density at radius 3 is 2.29 bits per heavy atom. The summed E-state index contributed by atoms with van der Waals surface area (Å²) in [5.41, 5.74) is -0.373. The maximum absolute atomic E-state index is 14.2. The molecule has 0 bridgehead atoms. The molecular weight excluding hydrogens is 306 g/mol. The molecule has 0 aromatic heterocycles. The van der Waals surface area contributed by atoms with Gasteiger partial charge in [-0.25, -0.2) is 17.6 Å². The van der Waals surface area contributed by atoms with Crippen LogP contribution in [-0.4, -0.2) is 7.05 Å². The maximum atomic E-state index is 14.2. The number of hydrogen-bond donors (Lipinski definition) is 1. The molecule has 1 nitrogen and oxygen atoms in total. The average Bonchev–Trinajstić information content (AvgIpc) is 2.44. The molecule has 0 fully saturated rings. The van der Waals surface area contributed by atoms with Crippen LogP contribution in [-0.2, 0) is 0 Å². The SMILES string of the molecule is CNC(c1cc(F)c(Cl)cc1F)c1c(F)ccc(C)c1F. The molecule has 0 saturated carbocycles. The molecule has 2 aromatic rings. The predicted molar refractivity (Wildman–Crippen MR) is 73.4 cm³/mol. The van der Waals surface area contributed by atoms with Crippen molar-refractivity contribution in [3.8, 4) is 0 Å². The number of hydrogen-bond acceptors (Lipinski definition) is 1. The van der Waals surface area contributed by atoms with E-state index in [1.807, 2.05) is 0 Å². The number of aryl methyl sites for hydroxylation is 1. The second-order valence-electron chi connectivity index (χ2n) is 4.60. The normalized spacial score (nSPS) is 12.5. The molecule has 0 aliphatic rings. The topological polar surface area (TPSA) is 12.0 Å². The zero-order valence-corrected chi connectivity index (χ0v) is 12.0. The number of rotatable bonds is 3. The van der Waals surface area contributed by atoms with Crippen molar-refractivity contribution in [3.63, 3.8) is 0 Å². The fraction of sp³-hybridized carbons (Fsp3) is 0.200. The van der Waals surface area contributed by atoms with Crippen molar-refractivity contribution >= 4 is 11.6 Å². The zero-order valence-electron chi connectivity index (χ0n) is 11.3. The third-order valence-electron chi connectivity index (χ3n) is 3.25. The monoisotopic (exact) mass is 317 g/mol. The Kier molecular flexibility index (Phi) is 4.54. The van der Waals surface area contributed by atoms with E-state index in [0.717, 1.165) is 18.2 Å². The van der Waals surface area contributed by atoms with Crippen LogP contribution < -0.4 is 5.32 Å². The van der Waals surface area contributed by atoms with Crippen LogP contribution in [0.3, 0.4) is 0 Å². The van der Waals surface area contributed by atoms with Crippen LogP contribution in [0, 0.1) is 30.2 Å². The molecule has 6 heteroatoms. The molecule has 0 aliphatic carbocycles. The van der Waals surface area contributed by atoms with Gasteiger partial charge in [-0.3, -0.25) is 0 Å². The van der Waals surface area contributed by atoms with E-state index in [1.54, 1.807) is 0 Å². The van der Waals surface area contributed by atoms with Gasteiger partial charge >= 0.3 is 0 Å². The first-order valence-corrected chi connectivity index (χ1v) is 6.50. The number of benzene rings is 2. The minimum absolute atomic E-state index is 0.210. The Bertz CT molecular complexity index is 688. The zero-order chi connectivity index (χ0) is 15.7. The first-order chi connectivity index (χ1) is 9.86. The molecule has 0 amide bonds. The highest BCUT2D eigenvalue weighted by atomic mass is 35.5. The van der Waals surface area contributed by atoms with Crippen molar-refractivity contribution < 1.29 is 17.6 Å². The summed E-state index contributed by atoms with van der Waals surface area (Å²) < 4.78 is 55.6. The van der Waals surface area contributed by atoms with Crippen molar-refractivity contribution in [2.24, 2.45) is 0 Å². The molecule has 2 aromatic carbocycles. The van der Waals surface area contributed by atoms with Crippen LogP contribution in [0.5, 0.6) is 0 Å². The van der Waals surface area contributed by atoms with E-state index in [-0.39, 0.29) is 16.7 Å². The second kappa shape index (κ2) is 6.03. The van der Waals surface area contributed by atoms with E-state index in [2.05, 4.69) is 5.32 Å². The third-order valence-corrected chi connectivity index (χ3v) is 3.54. The number of halogens is 5. The molecule has 0 spiro atoms. The second-order valence-corrected chi connectivity index (χ2v) is 5.01. The van der Waals surface area contributed by atoms with Gasteiger partial charge in [0.25, 0.3) is 0 Å². The summed E-state index contributed by atoms with van der Waals surface area (Å²) in [6.07, 6.45) is 0. The molecule has 0 radical (unpaired) electrons. The van der Waals surface area contributed by atoms with Gasteiger partial charge in [0.15, 0.2) is 0 Å². The van der Waals surface area contributed by atoms with Gasteiger partial charge in [0.1, 0.15) is 23.3 Å². The molecule has 0 saturated heterocycles. The molecule has 0 aliphatic heterocycles. The highest BCUT2D eigenvalue weighted by Gasteiger charge is 2.25. The smallest absolute Gasteiger partial charge is 0.142 e. The minimum Gasteiger partial charge on any atom is -0.309 e. The highest BCUT2D eigenvalue weighted by molar-refractivity contribution is 6.30. The van der Waals surface area contributed by atoms with Crippen LogP contribution in [0.15, 0.2) is 24.3 Å². The Balaban J connectivity index is 2.66. The molecule has 1 atom stereocenters. The molecule has 0 heterocycles. The van der Waals surface area contributed by atoms with Crippen LogP contribution in [0.1, 0.15) is 22.7 Å². The van der Waals surface area contributed by atoms with E-state index in [1.165, 1.54) is 20.0 Å². The fourth-order valence-corrected chi connectivity index (χ4v) is 2.31. The Morgan fingerprint density at radius 1 is 1.00 bits per heavy atom. The molecule has 112 valence electrons. The summed E-state index contributed by atoms with van der Waals surface area (Å²) in [5, 5.41) is 2.21. The van der Waals surface area contributed by atoms with E-state index in [9.17, 15) is 17.6 Å². The van der Waals surface area contributed by atoms with Crippen LogP contribution in [0.25, 0.3) is 0 Å².